The molecule has 0 spiro atoms. The van der Waals surface area contributed by atoms with Crippen LogP contribution in [0.1, 0.15) is 48.0 Å². The molecule has 0 radical (unpaired) electrons. The summed E-state index contributed by atoms with van der Waals surface area (Å²) in [5.41, 5.74) is 0. The first-order valence-corrected chi connectivity index (χ1v) is 14.4. The van der Waals surface area contributed by atoms with E-state index < -0.39 is 16.6 Å². The van der Waals surface area contributed by atoms with Crippen molar-refractivity contribution in [2.75, 3.05) is 6.61 Å². The molecule has 0 saturated carbocycles. The SMILES string of the molecule is CC(C)(C)[Si](C)(C)OCC/C(Cl)=C/C(=O)O[Si](C)(C)C(C)(C)C. The molecule has 23 heavy (non-hydrogen) atoms. The third-order valence-electron chi connectivity index (χ3n) is 5.05. The Morgan fingerprint density at radius 3 is 1.78 bits per heavy atom. The molecule has 0 aliphatic rings. The van der Waals surface area contributed by atoms with Gasteiger partial charge in [0.15, 0.2) is 8.32 Å². The van der Waals surface area contributed by atoms with Gasteiger partial charge in [-0.1, -0.05) is 53.1 Å². The molecule has 0 N–H and O–H groups in total. The van der Waals surface area contributed by atoms with Crippen LogP contribution in [0, 0.1) is 0 Å². The van der Waals surface area contributed by atoms with Crippen LogP contribution in [0.25, 0.3) is 0 Å². The van der Waals surface area contributed by atoms with E-state index in [-0.39, 0.29) is 16.0 Å². The Morgan fingerprint density at radius 1 is 0.957 bits per heavy atom. The monoisotopic (exact) mass is 378 g/mol. The summed E-state index contributed by atoms with van der Waals surface area (Å²) < 4.78 is 11.8. The van der Waals surface area contributed by atoms with Gasteiger partial charge in [0.1, 0.15) is 0 Å². The maximum absolute atomic E-state index is 12.1. The van der Waals surface area contributed by atoms with E-state index in [1.807, 2.05) is 13.1 Å². The van der Waals surface area contributed by atoms with Gasteiger partial charge in [0, 0.05) is 24.1 Å². The molecule has 0 amide bonds. The van der Waals surface area contributed by atoms with Gasteiger partial charge in [-0.05, 0) is 36.3 Å². The summed E-state index contributed by atoms with van der Waals surface area (Å²) in [5, 5.41) is 0.659. The Hall–Kier alpha value is -0.106. The van der Waals surface area contributed by atoms with Crippen molar-refractivity contribution in [1.82, 2.24) is 0 Å². The van der Waals surface area contributed by atoms with E-state index in [0.717, 1.165) is 0 Å². The maximum Gasteiger partial charge on any atom is 0.318 e. The maximum atomic E-state index is 12.1. The minimum atomic E-state index is -2.10. The van der Waals surface area contributed by atoms with Crippen molar-refractivity contribution in [3.8, 4) is 0 Å². The molecule has 0 aromatic heterocycles. The summed E-state index contributed by atoms with van der Waals surface area (Å²) in [7, 11) is -3.87. The predicted molar refractivity (Wildman–Crippen MR) is 105 cm³/mol. The third kappa shape index (κ3) is 7.54. The van der Waals surface area contributed by atoms with Crippen molar-refractivity contribution < 1.29 is 13.6 Å². The molecule has 0 unspecified atom stereocenters. The molecular weight excluding hydrogens is 344 g/mol. The summed E-state index contributed by atoms with van der Waals surface area (Å²) in [5.74, 6) is -0.339. The number of halogens is 1. The number of carbonyl (C=O) groups is 1. The van der Waals surface area contributed by atoms with Crippen LogP contribution >= 0.6 is 11.6 Å². The fraction of sp³-hybridized carbons (Fsp3) is 0.824. The van der Waals surface area contributed by atoms with Gasteiger partial charge < -0.3 is 8.85 Å². The van der Waals surface area contributed by atoms with E-state index in [9.17, 15) is 4.79 Å². The van der Waals surface area contributed by atoms with Crippen LogP contribution in [0.5, 0.6) is 0 Å². The average molecular weight is 379 g/mol. The minimum absolute atomic E-state index is 0.00554. The van der Waals surface area contributed by atoms with Crippen molar-refractivity contribution in [3.63, 3.8) is 0 Å². The lowest BCUT2D eigenvalue weighted by Gasteiger charge is -2.36. The molecule has 0 saturated heterocycles. The number of rotatable bonds is 6. The normalized spacial score (nSPS) is 14.8. The Labute approximate surface area is 150 Å². The molecule has 136 valence electrons. The topological polar surface area (TPSA) is 35.5 Å². The van der Waals surface area contributed by atoms with Crippen molar-refractivity contribution in [2.24, 2.45) is 0 Å². The van der Waals surface area contributed by atoms with Gasteiger partial charge in [-0.2, -0.15) is 0 Å². The van der Waals surface area contributed by atoms with Gasteiger partial charge in [0.25, 0.3) is 8.32 Å². The predicted octanol–water partition coefficient (Wildman–Crippen LogP) is 6.07. The van der Waals surface area contributed by atoms with Gasteiger partial charge in [0.2, 0.25) is 0 Å². The number of hydrogen-bond donors (Lipinski definition) is 0. The summed E-state index contributed by atoms with van der Waals surface area (Å²) in [6.45, 7) is 22.0. The quantitative estimate of drug-likeness (QED) is 0.415. The van der Waals surface area contributed by atoms with Crippen LogP contribution in [-0.4, -0.2) is 29.2 Å². The van der Waals surface area contributed by atoms with E-state index in [4.69, 9.17) is 20.5 Å². The highest BCUT2D eigenvalue weighted by Gasteiger charge is 2.40. The van der Waals surface area contributed by atoms with E-state index in [1.165, 1.54) is 6.08 Å². The average Bonchev–Trinajstić information content (AvgIpc) is 2.23. The van der Waals surface area contributed by atoms with Crippen molar-refractivity contribution in [1.29, 1.82) is 0 Å². The molecule has 0 bridgehead atoms. The molecule has 3 nitrogen and oxygen atoms in total. The molecule has 0 rings (SSSR count). The first-order chi connectivity index (χ1) is 9.99. The molecular formula is C17H35ClO3Si2. The standard InChI is InChI=1S/C17H35ClO3Si2/c1-16(2,3)22(7,8)20-12-11-14(18)13-15(19)21-23(9,10)17(4,5)6/h13H,11-12H2,1-10H3/b14-13-. The van der Waals surface area contributed by atoms with Gasteiger partial charge in [-0.3, -0.25) is 0 Å². The minimum Gasteiger partial charge on any atom is -0.516 e. The fourth-order valence-corrected chi connectivity index (χ4v) is 3.33. The first kappa shape index (κ1) is 22.9. The molecule has 0 heterocycles. The third-order valence-corrected chi connectivity index (χ3v) is 14.2. The van der Waals surface area contributed by atoms with Crippen LogP contribution in [0.15, 0.2) is 11.1 Å². The van der Waals surface area contributed by atoms with E-state index in [1.54, 1.807) is 0 Å². The van der Waals surface area contributed by atoms with E-state index in [2.05, 4.69) is 54.6 Å². The lowest BCUT2D eigenvalue weighted by Crippen LogP contribution is -2.42. The largest absolute Gasteiger partial charge is 0.516 e. The van der Waals surface area contributed by atoms with Crippen LogP contribution in [-0.2, 0) is 13.6 Å². The Balaban J connectivity index is 4.56. The smallest absolute Gasteiger partial charge is 0.318 e. The zero-order chi connectivity index (χ0) is 18.7. The van der Waals surface area contributed by atoms with Gasteiger partial charge in [-0.25, -0.2) is 4.79 Å². The summed E-state index contributed by atoms with van der Waals surface area (Å²) in [6, 6.07) is 0. The molecule has 0 aliphatic heterocycles. The van der Waals surface area contributed by atoms with Crippen molar-refractivity contribution in [3.05, 3.63) is 11.1 Å². The molecule has 0 aliphatic carbocycles. The molecule has 0 fully saturated rings. The Morgan fingerprint density at radius 2 is 1.39 bits per heavy atom. The summed E-state index contributed by atoms with van der Waals surface area (Å²) in [4.78, 5) is 12.1. The van der Waals surface area contributed by atoms with Crippen LogP contribution in [0.2, 0.25) is 36.3 Å². The number of carbonyl (C=O) groups excluding carboxylic acids is 1. The van der Waals surface area contributed by atoms with Crippen LogP contribution in [0.3, 0.4) is 0 Å². The van der Waals surface area contributed by atoms with Gasteiger partial charge >= 0.3 is 5.97 Å². The summed E-state index contributed by atoms with van der Waals surface area (Å²) >= 11 is 6.17. The zero-order valence-electron chi connectivity index (χ0n) is 16.6. The molecule has 6 heteroatoms. The van der Waals surface area contributed by atoms with Crippen LogP contribution in [0.4, 0.5) is 0 Å². The first-order valence-electron chi connectivity index (χ1n) is 8.23. The van der Waals surface area contributed by atoms with Crippen LogP contribution < -0.4 is 0 Å². The van der Waals surface area contributed by atoms with Gasteiger partial charge in [-0.15, -0.1) is 0 Å². The summed E-state index contributed by atoms with van der Waals surface area (Å²) in [6.07, 6.45) is 1.94. The molecule has 0 aromatic rings. The Kier molecular flexibility index (Phi) is 7.81. The molecule has 0 aromatic carbocycles. The number of hydrogen-bond acceptors (Lipinski definition) is 3. The Bertz CT molecular complexity index is 444. The van der Waals surface area contributed by atoms with E-state index in [0.29, 0.717) is 18.1 Å². The second-order valence-corrected chi connectivity index (χ2v) is 19.2. The van der Waals surface area contributed by atoms with Crippen molar-refractivity contribution >= 4 is 34.2 Å². The van der Waals surface area contributed by atoms with Crippen molar-refractivity contribution in [2.45, 2.75) is 84.2 Å². The second kappa shape index (κ2) is 7.85. The highest BCUT2D eigenvalue weighted by atomic mass is 35.5. The fourth-order valence-electron chi connectivity index (χ4n) is 1.25. The molecule has 0 atom stereocenters. The lowest BCUT2D eigenvalue weighted by molar-refractivity contribution is -0.130. The van der Waals surface area contributed by atoms with E-state index >= 15 is 0 Å². The highest BCUT2D eigenvalue weighted by Crippen LogP contribution is 2.37. The lowest BCUT2D eigenvalue weighted by atomic mass is 10.2. The highest BCUT2D eigenvalue weighted by molar-refractivity contribution is 6.75. The second-order valence-electron chi connectivity index (χ2n) is 9.13. The van der Waals surface area contributed by atoms with Gasteiger partial charge in [0.05, 0.1) is 0 Å². The zero-order valence-corrected chi connectivity index (χ0v) is 19.4.